The third-order valence-corrected chi connectivity index (χ3v) is 3.79. The lowest BCUT2D eigenvalue weighted by molar-refractivity contribution is -0.384. The van der Waals surface area contributed by atoms with Crippen molar-refractivity contribution in [3.63, 3.8) is 0 Å². The minimum absolute atomic E-state index is 0.0595. The first-order valence-corrected chi connectivity index (χ1v) is 7.63. The Balaban J connectivity index is 1.88. The summed E-state index contributed by atoms with van der Waals surface area (Å²) in [5.41, 5.74) is 7.65. The number of hydrogen-bond donors (Lipinski definition) is 2. The molecule has 0 aliphatic carbocycles. The molecule has 0 fully saturated rings. The van der Waals surface area contributed by atoms with E-state index < -0.39 is 4.92 Å². The Morgan fingerprint density at radius 1 is 1.28 bits per heavy atom. The third-order valence-electron chi connectivity index (χ3n) is 3.79. The molecule has 3 aromatic rings. The number of ether oxygens (including phenoxy) is 1. The molecule has 3 rings (SSSR count). The molecule has 0 amide bonds. The number of non-ortho nitro benzene ring substituents is 1. The maximum absolute atomic E-state index is 11.0. The molecule has 0 saturated carbocycles. The van der Waals surface area contributed by atoms with Crippen molar-refractivity contribution in [3.8, 4) is 17.1 Å². The molecule has 3 N–H and O–H groups in total. The van der Waals surface area contributed by atoms with Crippen LogP contribution in [-0.4, -0.2) is 27.2 Å². The second-order valence-electron chi connectivity index (χ2n) is 5.48. The van der Waals surface area contributed by atoms with Gasteiger partial charge in [-0.25, -0.2) is 4.98 Å². The molecule has 0 radical (unpaired) electrons. The topological polar surface area (TPSA) is 120 Å². The second kappa shape index (κ2) is 7.10. The largest absolute Gasteiger partial charge is 0.496 e. The number of H-pyrrole nitrogens is 1. The summed E-state index contributed by atoms with van der Waals surface area (Å²) in [6, 6.07) is 13.7. The number of nitrogens with two attached hydrogens (primary N) is 1. The van der Waals surface area contributed by atoms with Gasteiger partial charge in [0.2, 0.25) is 0 Å². The van der Waals surface area contributed by atoms with E-state index in [-0.39, 0.29) is 11.7 Å². The highest BCUT2D eigenvalue weighted by atomic mass is 16.6. The Morgan fingerprint density at radius 2 is 2.04 bits per heavy atom. The standard InChI is InChI=1S/C17H17N5O3/c1-25-15-8-7-12(22(23)24)10-13(15)16-19-17(21-20-16)14(18)9-11-5-3-2-4-6-11/h2-8,10,14H,9,18H2,1H3,(H,19,20,21)/t14-/m0/s1. The minimum atomic E-state index is -0.475. The van der Waals surface area contributed by atoms with Crippen LogP contribution in [0.1, 0.15) is 17.4 Å². The molecule has 128 valence electrons. The SMILES string of the molecule is COc1ccc([N+](=O)[O-])cc1-c1n[nH]c([C@@H](N)Cc2ccccc2)n1. The molecule has 1 heterocycles. The number of nitro groups is 1. The van der Waals surface area contributed by atoms with Crippen LogP contribution in [0.3, 0.4) is 0 Å². The van der Waals surface area contributed by atoms with E-state index in [0.717, 1.165) is 5.56 Å². The summed E-state index contributed by atoms with van der Waals surface area (Å²) in [5.74, 6) is 1.26. The van der Waals surface area contributed by atoms with Gasteiger partial charge in [-0.15, -0.1) is 0 Å². The molecule has 8 nitrogen and oxygen atoms in total. The van der Waals surface area contributed by atoms with Crippen molar-refractivity contribution in [2.24, 2.45) is 5.73 Å². The Hall–Kier alpha value is -3.26. The zero-order chi connectivity index (χ0) is 17.8. The van der Waals surface area contributed by atoms with E-state index in [0.29, 0.717) is 29.4 Å². The zero-order valence-corrected chi connectivity index (χ0v) is 13.5. The van der Waals surface area contributed by atoms with E-state index in [2.05, 4.69) is 15.2 Å². The summed E-state index contributed by atoms with van der Waals surface area (Å²) in [7, 11) is 1.49. The Kier molecular flexibility index (Phi) is 4.71. The van der Waals surface area contributed by atoms with Gasteiger partial charge in [0.05, 0.1) is 23.6 Å². The predicted molar refractivity (Wildman–Crippen MR) is 92.1 cm³/mol. The predicted octanol–water partition coefficient (Wildman–Crippen LogP) is 2.63. The molecule has 1 aromatic heterocycles. The van der Waals surface area contributed by atoms with Gasteiger partial charge in [-0.3, -0.25) is 15.2 Å². The van der Waals surface area contributed by atoms with Gasteiger partial charge in [-0.05, 0) is 18.1 Å². The van der Waals surface area contributed by atoms with Crippen LogP contribution >= 0.6 is 0 Å². The number of nitro benzene ring substituents is 1. The van der Waals surface area contributed by atoms with Gasteiger partial charge < -0.3 is 10.5 Å². The molecule has 1 atom stereocenters. The summed E-state index contributed by atoms with van der Waals surface area (Å²) in [5, 5.41) is 17.9. The molecule has 25 heavy (non-hydrogen) atoms. The fraction of sp³-hybridized carbons (Fsp3) is 0.176. The summed E-state index contributed by atoms with van der Waals surface area (Å²) in [4.78, 5) is 14.9. The lowest BCUT2D eigenvalue weighted by Gasteiger charge is -2.08. The smallest absolute Gasteiger partial charge is 0.270 e. The molecule has 0 aliphatic heterocycles. The maximum Gasteiger partial charge on any atom is 0.270 e. The van der Waals surface area contributed by atoms with Crippen molar-refractivity contribution in [3.05, 3.63) is 70.0 Å². The van der Waals surface area contributed by atoms with Crippen molar-refractivity contribution >= 4 is 5.69 Å². The molecular weight excluding hydrogens is 322 g/mol. The second-order valence-corrected chi connectivity index (χ2v) is 5.48. The summed E-state index contributed by atoms with van der Waals surface area (Å²) in [6.07, 6.45) is 0.599. The van der Waals surface area contributed by atoms with Gasteiger partial charge in [0.1, 0.15) is 11.6 Å². The van der Waals surface area contributed by atoms with Crippen molar-refractivity contribution in [1.82, 2.24) is 15.2 Å². The molecule has 0 unspecified atom stereocenters. The van der Waals surface area contributed by atoms with E-state index >= 15 is 0 Å². The normalized spacial score (nSPS) is 11.9. The zero-order valence-electron chi connectivity index (χ0n) is 13.5. The van der Waals surface area contributed by atoms with Crippen molar-refractivity contribution in [2.45, 2.75) is 12.5 Å². The number of nitrogens with zero attached hydrogens (tertiary/aromatic N) is 3. The minimum Gasteiger partial charge on any atom is -0.496 e. The summed E-state index contributed by atoms with van der Waals surface area (Å²) >= 11 is 0. The van der Waals surface area contributed by atoms with Crippen LogP contribution in [0.15, 0.2) is 48.5 Å². The molecule has 2 aromatic carbocycles. The van der Waals surface area contributed by atoms with E-state index in [1.807, 2.05) is 30.3 Å². The first kappa shape index (κ1) is 16.6. The van der Waals surface area contributed by atoms with E-state index in [1.54, 1.807) is 0 Å². The van der Waals surface area contributed by atoms with E-state index in [4.69, 9.17) is 10.5 Å². The van der Waals surface area contributed by atoms with Crippen molar-refractivity contribution in [1.29, 1.82) is 0 Å². The van der Waals surface area contributed by atoms with Crippen LogP contribution < -0.4 is 10.5 Å². The first-order chi connectivity index (χ1) is 12.1. The number of hydrogen-bond acceptors (Lipinski definition) is 6. The van der Waals surface area contributed by atoms with Crippen LogP contribution in [0.5, 0.6) is 5.75 Å². The van der Waals surface area contributed by atoms with Crippen molar-refractivity contribution < 1.29 is 9.66 Å². The highest BCUT2D eigenvalue weighted by Gasteiger charge is 2.18. The molecule has 0 spiro atoms. The monoisotopic (exact) mass is 339 g/mol. The molecule has 0 aliphatic rings. The highest BCUT2D eigenvalue weighted by Crippen LogP contribution is 2.31. The summed E-state index contributed by atoms with van der Waals surface area (Å²) < 4.78 is 5.25. The highest BCUT2D eigenvalue weighted by molar-refractivity contribution is 5.67. The van der Waals surface area contributed by atoms with Crippen LogP contribution in [-0.2, 0) is 6.42 Å². The molecule has 0 bridgehead atoms. The first-order valence-electron chi connectivity index (χ1n) is 7.63. The summed E-state index contributed by atoms with van der Waals surface area (Å²) in [6.45, 7) is 0. The van der Waals surface area contributed by atoms with Crippen LogP contribution in [0.2, 0.25) is 0 Å². The third kappa shape index (κ3) is 3.64. The average Bonchev–Trinajstić information content (AvgIpc) is 3.12. The van der Waals surface area contributed by atoms with Crippen LogP contribution in [0, 0.1) is 10.1 Å². The maximum atomic E-state index is 11.0. The van der Waals surface area contributed by atoms with E-state index in [1.165, 1.54) is 25.3 Å². The lowest BCUT2D eigenvalue weighted by Crippen LogP contribution is -2.15. The molecular formula is C17H17N5O3. The Bertz CT molecular complexity index is 879. The lowest BCUT2D eigenvalue weighted by atomic mass is 10.1. The molecule has 8 heteroatoms. The fourth-order valence-electron chi connectivity index (χ4n) is 2.51. The quantitative estimate of drug-likeness (QED) is 0.526. The van der Waals surface area contributed by atoms with Crippen LogP contribution in [0.4, 0.5) is 5.69 Å². The Morgan fingerprint density at radius 3 is 2.72 bits per heavy atom. The number of methoxy groups -OCH3 is 1. The number of nitrogens with one attached hydrogen (secondary N) is 1. The fourth-order valence-corrected chi connectivity index (χ4v) is 2.51. The van der Waals surface area contributed by atoms with Crippen LogP contribution in [0.25, 0.3) is 11.4 Å². The number of aromatic amines is 1. The van der Waals surface area contributed by atoms with Gasteiger partial charge in [-0.2, -0.15) is 5.10 Å². The molecule has 0 saturated heterocycles. The van der Waals surface area contributed by atoms with Gasteiger partial charge >= 0.3 is 0 Å². The number of benzene rings is 2. The van der Waals surface area contributed by atoms with E-state index in [9.17, 15) is 10.1 Å². The van der Waals surface area contributed by atoms with Gasteiger partial charge in [-0.1, -0.05) is 30.3 Å². The van der Waals surface area contributed by atoms with Crippen molar-refractivity contribution in [2.75, 3.05) is 7.11 Å². The van der Waals surface area contributed by atoms with Gasteiger partial charge in [0.25, 0.3) is 5.69 Å². The number of aromatic nitrogens is 3. The Labute approximate surface area is 143 Å². The van der Waals surface area contributed by atoms with Gasteiger partial charge in [0, 0.05) is 12.1 Å². The number of rotatable bonds is 6. The van der Waals surface area contributed by atoms with Gasteiger partial charge in [0.15, 0.2) is 5.82 Å². The average molecular weight is 339 g/mol.